The van der Waals surface area contributed by atoms with Gasteiger partial charge in [-0.15, -0.1) is 0 Å². The number of hydrogen-bond donors (Lipinski definition) is 2. The highest BCUT2D eigenvalue weighted by Crippen LogP contribution is 2.30. The number of carbonyl (C=O) groups excluding carboxylic acids is 2. The van der Waals surface area contributed by atoms with Gasteiger partial charge in [-0.25, -0.2) is 8.78 Å². The predicted molar refractivity (Wildman–Crippen MR) is 138 cm³/mol. The molecule has 4 rings (SSSR count). The van der Waals surface area contributed by atoms with E-state index in [-0.39, 0.29) is 47.9 Å². The molecule has 3 N–H and O–H groups in total. The lowest BCUT2D eigenvalue weighted by Crippen LogP contribution is -2.43. The van der Waals surface area contributed by atoms with Crippen molar-refractivity contribution in [1.82, 2.24) is 4.90 Å². The first kappa shape index (κ1) is 25.6. The summed E-state index contributed by atoms with van der Waals surface area (Å²) in [6.45, 7) is 3.48. The molecular weight excluding hydrogens is 474 g/mol. The molecule has 0 bridgehead atoms. The van der Waals surface area contributed by atoms with E-state index in [1.54, 1.807) is 42.5 Å². The van der Waals surface area contributed by atoms with Gasteiger partial charge < -0.3 is 15.5 Å². The molecule has 1 heterocycles. The van der Waals surface area contributed by atoms with Crippen molar-refractivity contribution in [2.45, 2.75) is 32.9 Å². The van der Waals surface area contributed by atoms with Crippen LogP contribution in [0.1, 0.15) is 52.9 Å². The maximum Gasteiger partial charge on any atom is 0.256 e. The van der Waals surface area contributed by atoms with E-state index in [1.165, 1.54) is 15.9 Å². The van der Waals surface area contributed by atoms with E-state index in [2.05, 4.69) is 11.8 Å². The molecule has 1 aliphatic rings. The van der Waals surface area contributed by atoms with Crippen molar-refractivity contribution in [3.05, 3.63) is 100 Å². The quantitative estimate of drug-likeness (QED) is 0.308. The van der Waals surface area contributed by atoms with Crippen molar-refractivity contribution in [3.8, 4) is 11.8 Å². The van der Waals surface area contributed by atoms with Crippen LogP contribution in [0.3, 0.4) is 0 Å². The number of nitrogens with one attached hydrogen (secondary N) is 1. The lowest BCUT2D eigenvalue weighted by molar-refractivity contribution is -0.119. The highest BCUT2D eigenvalue weighted by Gasteiger charge is 2.34. The van der Waals surface area contributed by atoms with E-state index in [1.807, 2.05) is 13.8 Å². The Kier molecular flexibility index (Phi) is 7.35. The van der Waals surface area contributed by atoms with Crippen LogP contribution < -0.4 is 10.6 Å². The van der Waals surface area contributed by atoms with Crippen LogP contribution in [0.25, 0.3) is 0 Å². The second-order valence-electron chi connectivity index (χ2n) is 8.88. The molecule has 0 saturated heterocycles. The average Bonchev–Trinajstić information content (AvgIpc) is 2.98. The van der Waals surface area contributed by atoms with Crippen molar-refractivity contribution in [3.63, 3.8) is 0 Å². The summed E-state index contributed by atoms with van der Waals surface area (Å²) in [5.74, 6) is 3.83. The number of amidine groups is 1. The number of benzene rings is 3. The second kappa shape index (κ2) is 10.6. The van der Waals surface area contributed by atoms with Gasteiger partial charge in [0.15, 0.2) is 0 Å². The molecule has 2 amide bonds. The summed E-state index contributed by atoms with van der Waals surface area (Å²) in [6.07, 6.45) is 0.646. The van der Waals surface area contributed by atoms with Crippen LogP contribution in [0.4, 0.5) is 14.5 Å². The highest BCUT2D eigenvalue weighted by atomic mass is 19.1. The summed E-state index contributed by atoms with van der Waals surface area (Å²) in [5, 5.41) is 7.60. The van der Waals surface area contributed by atoms with Crippen LogP contribution in [0.15, 0.2) is 60.7 Å². The predicted octanol–water partition coefficient (Wildman–Crippen LogP) is 4.44. The summed E-state index contributed by atoms with van der Waals surface area (Å²) in [4.78, 5) is 29.7. The largest absolute Gasteiger partial charge is 0.384 e. The monoisotopic (exact) mass is 500 g/mol. The number of rotatable bonds is 5. The number of anilines is 1. The Bertz CT molecular complexity index is 1460. The molecule has 0 radical (unpaired) electrons. The Morgan fingerprint density at radius 3 is 2.46 bits per heavy atom. The minimum Gasteiger partial charge on any atom is -0.384 e. The van der Waals surface area contributed by atoms with Crippen LogP contribution in [0.5, 0.6) is 0 Å². The van der Waals surface area contributed by atoms with Gasteiger partial charge in [0.05, 0.1) is 17.8 Å². The van der Waals surface area contributed by atoms with Gasteiger partial charge in [0, 0.05) is 34.4 Å². The molecule has 3 aromatic carbocycles. The van der Waals surface area contributed by atoms with Gasteiger partial charge >= 0.3 is 0 Å². The van der Waals surface area contributed by atoms with Gasteiger partial charge in [-0.3, -0.25) is 15.0 Å². The zero-order chi connectivity index (χ0) is 26.7. The first-order valence-electron chi connectivity index (χ1n) is 11.8. The van der Waals surface area contributed by atoms with Crippen LogP contribution in [0, 0.1) is 28.9 Å². The number of fused-ring (bicyclic) bond motifs is 1. The third-order valence-corrected chi connectivity index (χ3v) is 6.38. The summed E-state index contributed by atoms with van der Waals surface area (Å²) in [6, 6.07) is 14.9. The molecule has 0 aliphatic carbocycles. The Balaban J connectivity index is 1.77. The molecule has 0 spiro atoms. The van der Waals surface area contributed by atoms with E-state index in [0.29, 0.717) is 28.8 Å². The Morgan fingerprint density at radius 2 is 1.78 bits per heavy atom. The first-order chi connectivity index (χ1) is 17.7. The van der Waals surface area contributed by atoms with Crippen LogP contribution in [-0.2, 0) is 11.3 Å². The van der Waals surface area contributed by atoms with E-state index in [9.17, 15) is 18.4 Å². The molecule has 0 saturated carbocycles. The van der Waals surface area contributed by atoms with Crippen molar-refractivity contribution < 1.29 is 18.4 Å². The molecular formula is C29H26F2N4O2. The molecule has 1 atom stereocenters. The van der Waals surface area contributed by atoms with E-state index in [4.69, 9.17) is 11.1 Å². The van der Waals surface area contributed by atoms with Crippen LogP contribution in [0.2, 0.25) is 0 Å². The van der Waals surface area contributed by atoms with Gasteiger partial charge in [-0.1, -0.05) is 37.0 Å². The van der Waals surface area contributed by atoms with E-state index < -0.39 is 11.6 Å². The molecule has 1 aliphatic heterocycles. The lowest BCUT2D eigenvalue weighted by Gasteiger charge is -2.26. The molecule has 0 fully saturated rings. The number of hydrogen-bond acceptors (Lipinski definition) is 3. The van der Waals surface area contributed by atoms with Crippen molar-refractivity contribution in [2.75, 3.05) is 11.4 Å². The maximum atomic E-state index is 14.5. The number of carbonyl (C=O) groups is 2. The fraction of sp³-hybridized carbons (Fsp3) is 0.207. The SMILES string of the molecule is CCC(C)N1CC(=O)N(Cc2ccc(F)cc2F)c2ccc(C#Cc3cccc(C(=N)N)c3)cc2C1=O. The number of amides is 2. The Hall–Kier alpha value is -4.51. The normalized spacial score (nSPS) is 13.9. The van der Waals surface area contributed by atoms with Gasteiger partial charge in [-0.2, -0.15) is 0 Å². The summed E-state index contributed by atoms with van der Waals surface area (Å²) >= 11 is 0. The minimum absolute atomic E-state index is 0.0632. The van der Waals surface area contributed by atoms with Crippen molar-refractivity contribution in [2.24, 2.45) is 5.73 Å². The summed E-state index contributed by atoms with van der Waals surface area (Å²) in [5.41, 5.74) is 8.07. The van der Waals surface area contributed by atoms with Gasteiger partial charge in [-0.05, 0) is 49.7 Å². The smallest absolute Gasteiger partial charge is 0.256 e. The number of nitrogen functional groups attached to an aromatic ring is 1. The topological polar surface area (TPSA) is 90.5 Å². The fourth-order valence-corrected chi connectivity index (χ4v) is 4.09. The average molecular weight is 501 g/mol. The third kappa shape index (κ3) is 5.51. The number of nitrogens with two attached hydrogens (primary N) is 1. The van der Waals surface area contributed by atoms with Gasteiger partial charge in [0.25, 0.3) is 5.91 Å². The summed E-state index contributed by atoms with van der Waals surface area (Å²) in [7, 11) is 0. The van der Waals surface area contributed by atoms with Crippen LogP contribution >= 0.6 is 0 Å². The first-order valence-corrected chi connectivity index (χ1v) is 11.8. The van der Waals surface area contributed by atoms with E-state index >= 15 is 0 Å². The minimum atomic E-state index is -0.765. The molecule has 188 valence electrons. The molecule has 37 heavy (non-hydrogen) atoms. The van der Waals surface area contributed by atoms with E-state index in [0.717, 1.165) is 12.1 Å². The molecule has 1 unspecified atom stereocenters. The Labute approximate surface area is 214 Å². The molecule has 0 aromatic heterocycles. The Morgan fingerprint density at radius 1 is 1.05 bits per heavy atom. The maximum absolute atomic E-state index is 14.5. The van der Waals surface area contributed by atoms with Crippen LogP contribution in [-0.4, -0.2) is 35.1 Å². The zero-order valence-electron chi connectivity index (χ0n) is 20.5. The zero-order valence-corrected chi connectivity index (χ0v) is 20.5. The second-order valence-corrected chi connectivity index (χ2v) is 8.88. The van der Waals surface area contributed by atoms with Crippen molar-refractivity contribution >= 4 is 23.3 Å². The lowest BCUT2D eigenvalue weighted by atomic mass is 10.0. The summed E-state index contributed by atoms with van der Waals surface area (Å²) < 4.78 is 27.9. The third-order valence-electron chi connectivity index (χ3n) is 6.38. The van der Waals surface area contributed by atoms with Gasteiger partial charge in [0.1, 0.15) is 24.0 Å². The fourth-order valence-electron chi connectivity index (χ4n) is 4.09. The number of nitrogens with zero attached hydrogens (tertiary/aromatic N) is 2. The van der Waals surface area contributed by atoms with Crippen molar-refractivity contribution in [1.29, 1.82) is 5.41 Å². The highest BCUT2D eigenvalue weighted by molar-refractivity contribution is 6.10. The standard InChI is InChI=1S/C29H26F2N4O2/c1-3-18(2)34-17-27(36)35(16-22-10-11-23(30)15-25(22)31)26-12-9-20(14-24(26)29(34)37)8-7-19-5-4-6-21(13-19)28(32)33/h4-6,9-15,18H,3,16-17H2,1-2H3,(H3,32,33). The number of halogens is 2. The molecule has 6 nitrogen and oxygen atoms in total. The molecule has 8 heteroatoms. The van der Waals surface area contributed by atoms with Gasteiger partial charge in [0.2, 0.25) is 5.91 Å². The molecule has 3 aromatic rings.